The molecule has 3 heterocycles. The molecule has 1 aromatic heterocycles. The molecule has 2 aliphatic heterocycles. The van der Waals surface area contributed by atoms with Gasteiger partial charge in [0.2, 0.25) is 6.29 Å². The van der Waals surface area contributed by atoms with Gasteiger partial charge >= 0.3 is 17.8 Å². The highest BCUT2D eigenvalue weighted by Gasteiger charge is 2.51. The Morgan fingerprint density at radius 2 is 1.70 bits per heavy atom. The first-order valence-corrected chi connectivity index (χ1v) is 12.9. The van der Waals surface area contributed by atoms with Gasteiger partial charge in [-0.25, -0.2) is 9.59 Å². The van der Waals surface area contributed by atoms with Gasteiger partial charge in [-0.05, 0) is 24.1 Å². The number of carbonyl (C=O) groups excluding carboxylic acids is 1. The Morgan fingerprint density at radius 1 is 1.05 bits per heavy atom. The maximum Gasteiger partial charge on any atom is 0.493 e. The van der Waals surface area contributed by atoms with Crippen LogP contribution in [0, 0.1) is 0 Å². The molecule has 40 heavy (non-hydrogen) atoms. The first-order valence-electron chi connectivity index (χ1n) is 12.5. The van der Waals surface area contributed by atoms with Crippen molar-refractivity contribution >= 4 is 34.8 Å². The molecular formula is C26H26ClF3N6O4. The summed E-state index contributed by atoms with van der Waals surface area (Å²) in [7, 11) is 1.32. The third kappa shape index (κ3) is 5.07. The van der Waals surface area contributed by atoms with E-state index in [0.29, 0.717) is 43.4 Å². The molecule has 2 aliphatic rings. The van der Waals surface area contributed by atoms with Crippen molar-refractivity contribution < 1.29 is 22.8 Å². The van der Waals surface area contributed by atoms with E-state index in [1.807, 2.05) is 30.3 Å². The van der Waals surface area contributed by atoms with E-state index < -0.39 is 29.7 Å². The predicted octanol–water partition coefficient (Wildman–Crippen LogP) is 2.61. The lowest BCUT2D eigenvalue weighted by Gasteiger charge is -2.41. The number of hydroxylamine groups is 1. The molecule has 1 atom stereocenters. The van der Waals surface area contributed by atoms with Crippen LogP contribution in [0.2, 0.25) is 5.02 Å². The van der Waals surface area contributed by atoms with Crippen molar-refractivity contribution in [3.05, 3.63) is 86.0 Å². The molecule has 1 unspecified atom stereocenters. The van der Waals surface area contributed by atoms with E-state index in [-0.39, 0.29) is 23.1 Å². The molecule has 14 heteroatoms. The summed E-state index contributed by atoms with van der Waals surface area (Å²) in [4.78, 5) is 47.8. The molecule has 2 aromatic carbocycles. The Kier molecular flexibility index (Phi) is 7.62. The summed E-state index contributed by atoms with van der Waals surface area (Å²) >= 11 is 6.55. The van der Waals surface area contributed by atoms with Crippen LogP contribution < -0.4 is 26.5 Å². The van der Waals surface area contributed by atoms with Gasteiger partial charge in [0.25, 0.3) is 5.56 Å². The molecule has 0 spiro atoms. The molecule has 0 saturated carbocycles. The van der Waals surface area contributed by atoms with Crippen LogP contribution >= 0.6 is 11.6 Å². The number of hydrogen-bond donors (Lipinski definition) is 1. The average Bonchev–Trinajstić information content (AvgIpc) is 3.27. The third-order valence-corrected chi connectivity index (χ3v) is 7.17. The number of hydrogen-bond acceptors (Lipinski definition) is 8. The number of aromatic nitrogens is 2. The minimum absolute atomic E-state index is 0.0137. The minimum atomic E-state index is -5.32. The van der Waals surface area contributed by atoms with Crippen LogP contribution in [0.25, 0.3) is 0 Å². The van der Waals surface area contributed by atoms with E-state index in [1.165, 1.54) is 11.9 Å². The fraction of sp³-hybridized carbons (Fsp3) is 0.346. The topological polar surface area (TPSA) is 92.1 Å². The maximum absolute atomic E-state index is 14.1. The first kappa shape index (κ1) is 27.7. The fourth-order valence-electron chi connectivity index (χ4n) is 4.96. The second kappa shape index (κ2) is 11.0. The summed E-state index contributed by atoms with van der Waals surface area (Å²) in [6.07, 6.45) is -6.20. The van der Waals surface area contributed by atoms with Crippen molar-refractivity contribution in [2.75, 3.05) is 36.1 Å². The number of carbonyl (C=O) groups is 1. The van der Waals surface area contributed by atoms with Gasteiger partial charge in [-0.2, -0.15) is 13.2 Å². The van der Waals surface area contributed by atoms with Crippen LogP contribution in [-0.2, 0) is 29.6 Å². The van der Waals surface area contributed by atoms with E-state index in [2.05, 4.69) is 5.32 Å². The number of rotatable bonds is 6. The van der Waals surface area contributed by atoms with Crippen LogP contribution in [0.5, 0.6) is 0 Å². The number of anilines is 3. The summed E-state index contributed by atoms with van der Waals surface area (Å²) in [6.45, 7) is 1.68. The normalized spacial score (nSPS) is 17.7. The van der Waals surface area contributed by atoms with E-state index in [0.717, 1.165) is 14.7 Å². The van der Waals surface area contributed by atoms with E-state index in [4.69, 9.17) is 16.4 Å². The van der Waals surface area contributed by atoms with Crippen LogP contribution in [0.1, 0.15) is 5.56 Å². The van der Waals surface area contributed by atoms with Crippen LogP contribution in [0.4, 0.5) is 30.4 Å². The standard InChI is InChI=1S/C26H26ClF3N6O4/c1-32-21-20(22(37)34(25(32)39)14-11-17-7-3-2-4-8-17)35(19-10-6-5-9-18(19)27)24(33-15-12-31-13-16-33)36(21)40-23(38)26(28,29)30/h2-10,24,31H,11-16H2,1H3. The van der Waals surface area contributed by atoms with Gasteiger partial charge in [0.05, 0.1) is 10.7 Å². The Bertz CT molecular complexity index is 1520. The second-order valence-corrected chi connectivity index (χ2v) is 9.77. The average molecular weight is 579 g/mol. The van der Waals surface area contributed by atoms with E-state index in [1.54, 1.807) is 29.2 Å². The molecule has 1 saturated heterocycles. The highest BCUT2D eigenvalue weighted by molar-refractivity contribution is 6.33. The van der Waals surface area contributed by atoms with Crippen molar-refractivity contribution in [2.24, 2.45) is 7.05 Å². The maximum atomic E-state index is 14.1. The number of fused-ring (bicyclic) bond motifs is 1. The Labute approximate surface area is 231 Å². The molecule has 0 bridgehead atoms. The Balaban J connectivity index is 1.72. The van der Waals surface area contributed by atoms with Gasteiger partial charge in [0.15, 0.2) is 11.5 Å². The quantitative estimate of drug-likeness (QED) is 0.477. The van der Waals surface area contributed by atoms with Gasteiger partial charge in [-0.3, -0.25) is 23.7 Å². The smallest absolute Gasteiger partial charge is 0.327 e. The summed E-state index contributed by atoms with van der Waals surface area (Å²) in [6, 6.07) is 15.7. The lowest BCUT2D eigenvalue weighted by atomic mass is 10.1. The van der Waals surface area contributed by atoms with Crippen molar-refractivity contribution in [2.45, 2.75) is 25.4 Å². The van der Waals surface area contributed by atoms with E-state index in [9.17, 15) is 27.6 Å². The zero-order valence-corrected chi connectivity index (χ0v) is 22.2. The number of aryl methyl sites for hydroxylation is 1. The number of alkyl halides is 3. The molecule has 0 radical (unpaired) electrons. The number of benzene rings is 2. The van der Waals surface area contributed by atoms with Gasteiger partial charge in [0.1, 0.15) is 0 Å². The lowest BCUT2D eigenvalue weighted by Crippen LogP contribution is -2.60. The lowest BCUT2D eigenvalue weighted by molar-refractivity contribution is -0.203. The van der Waals surface area contributed by atoms with Gasteiger partial charge in [-0.1, -0.05) is 54.1 Å². The van der Waals surface area contributed by atoms with Crippen molar-refractivity contribution in [3.8, 4) is 0 Å². The summed E-state index contributed by atoms with van der Waals surface area (Å²) in [5.41, 5.74) is -0.474. The molecule has 1 fully saturated rings. The number of piperazine rings is 1. The summed E-state index contributed by atoms with van der Waals surface area (Å²) in [5.74, 6) is -2.77. The molecule has 212 valence electrons. The highest BCUT2D eigenvalue weighted by atomic mass is 35.5. The largest absolute Gasteiger partial charge is 0.493 e. The van der Waals surface area contributed by atoms with Gasteiger partial charge < -0.3 is 10.2 Å². The summed E-state index contributed by atoms with van der Waals surface area (Å²) in [5, 5.41) is 4.07. The zero-order chi connectivity index (χ0) is 28.6. The van der Waals surface area contributed by atoms with Crippen LogP contribution in [0.3, 0.4) is 0 Å². The van der Waals surface area contributed by atoms with Crippen molar-refractivity contribution in [1.82, 2.24) is 19.4 Å². The Morgan fingerprint density at radius 3 is 2.35 bits per heavy atom. The monoisotopic (exact) mass is 578 g/mol. The fourth-order valence-corrected chi connectivity index (χ4v) is 5.19. The number of halogens is 4. The van der Waals surface area contributed by atoms with E-state index >= 15 is 0 Å². The van der Waals surface area contributed by atoms with Gasteiger partial charge in [-0.15, -0.1) is 5.06 Å². The second-order valence-electron chi connectivity index (χ2n) is 9.36. The predicted molar refractivity (Wildman–Crippen MR) is 143 cm³/mol. The summed E-state index contributed by atoms with van der Waals surface area (Å²) < 4.78 is 42.3. The number of para-hydroxylation sites is 1. The SMILES string of the molecule is Cn1c2c(c(=O)n(CCc3ccccc3)c1=O)N(c1ccccc1Cl)C(N1CCNCC1)N2OC(=O)C(F)(F)F. The molecule has 3 aromatic rings. The van der Waals surface area contributed by atoms with Crippen molar-refractivity contribution in [1.29, 1.82) is 0 Å². The molecule has 1 N–H and O–H groups in total. The number of nitrogens with one attached hydrogen (secondary N) is 1. The Hall–Kier alpha value is -3.81. The zero-order valence-electron chi connectivity index (χ0n) is 21.4. The molecule has 0 aliphatic carbocycles. The molecular weight excluding hydrogens is 553 g/mol. The first-order chi connectivity index (χ1) is 19.1. The van der Waals surface area contributed by atoms with Crippen molar-refractivity contribution in [3.63, 3.8) is 0 Å². The molecule has 10 nitrogen and oxygen atoms in total. The van der Waals surface area contributed by atoms with Crippen LogP contribution in [-0.4, -0.2) is 58.6 Å². The van der Waals surface area contributed by atoms with Gasteiger partial charge in [0, 0.05) is 39.8 Å². The molecule has 0 amide bonds. The minimum Gasteiger partial charge on any atom is -0.327 e. The number of nitrogens with zero attached hydrogens (tertiary/aromatic N) is 5. The molecule has 5 rings (SSSR count). The third-order valence-electron chi connectivity index (χ3n) is 6.86. The highest BCUT2D eigenvalue weighted by Crippen LogP contribution is 2.45. The van der Waals surface area contributed by atoms with Crippen LogP contribution in [0.15, 0.2) is 64.2 Å².